The van der Waals surface area contributed by atoms with E-state index in [9.17, 15) is 4.79 Å². The first-order valence-electron chi connectivity index (χ1n) is 10.2. The van der Waals surface area contributed by atoms with Crippen LogP contribution in [0.25, 0.3) is 10.8 Å². The van der Waals surface area contributed by atoms with E-state index >= 15 is 0 Å². The van der Waals surface area contributed by atoms with Gasteiger partial charge < -0.3 is 9.32 Å². The maximum absolute atomic E-state index is 12.6. The number of nitrogens with zero attached hydrogens (tertiary/aromatic N) is 3. The van der Waals surface area contributed by atoms with Crippen LogP contribution in [0.5, 0.6) is 0 Å². The number of hydrogen-bond donors (Lipinski definition) is 0. The minimum atomic E-state index is 0.217. The molecule has 0 bridgehead atoms. The smallest absolute Gasteiger partial charge is 0.237 e. The van der Waals surface area contributed by atoms with Gasteiger partial charge in [0.25, 0.3) is 0 Å². The highest BCUT2D eigenvalue weighted by Crippen LogP contribution is 2.30. The number of carbonyl (C=O) groups excluding carboxylic acids is 1. The molecular weight excluding hydrogens is 414 g/mol. The molecule has 3 heterocycles. The minimum absolute atomic E-state index is 0.217. The molecule has 158 valence electrons. The molecule has 0 saturated carbocycles. The summed E-state index contributed by atoms with van der Waals surface area (Å²) in [5.74, 6) is 2.93. The first-order valence-corrected chi connectivity index (χ1v) is 12.3. The minimum Gasteiger partial charge on any atom is -0.440 e. The standard InChI is InChI=1S/C23H27N3O2S2/c1-17-8-13-30-22(17)23-24-20(18(2)28-23)15-29-16-21(27)26-11-9-25(10-12-26)14-19-6-4-3-5-7-19/h3-8,13H,9-12,14-16H2,1-2H3. The van der Waals surface area contributed by atoms with Crippen molar-refractivity contribution in [1.82, 2.24) is 14.8 Å². The van der Waals surface area contributed by atoms with E-state index in [2.05, 4.69) is 52.5 Å². The van der Waals surface area contributed by atoms with E-state index in [0.29, 0.717) is 17.4 Å². The molecule has 0 spiro atoms. The Morgan fingerprint density at radius 3 is 2.60 bits per heavy atom. The number of aromatic nitrogens is 1. The normalized spacial score (nSPS) is 14.9. The Labute approximate surface area is 186 Å². The van der Waals surface area contributed by atoms with Crippen LogP contribution < -0.4 is 0 Å². The van der Waals surface area contributed by atoms with Crippen molar-refractivity contribution >= 4 is 29.0 Å². The number of thiophene rings is 1. The molecule has 1 saturated heterocycles. The molecule has 3 aromatic rings. The van der Waals surface area contributed by atoms with Crippen LogP contribution in [0.4, 0.5) is 0 Å². The van der Waals surface area contributed by atoms with Gasteiger partial charge >= 0.3 is 0 Å². The Balaban J connectivity index is 1.22. The van der Waals surface area contributed by atoms with Crippen LogP contribution in [0.1, 0.15) is 22.6 Å². The summed E-state index contributed by atoms with van der Waals surface area (Å²) in [5, 5.41) is 2.05. The third kappa shape index (κ3) is 5.14. The third-order valence-electron chi connectivity index (χ3n) is 5.39. The number of carbonyl (C=O) groups is 1. The van der Waals surface area contributed by atoms with Crippen LogP contribution in [0, 0.1) is 13.8 Å². The zero-order valence-electron chi connectivity index (χ0n) is 17.5. The van der Waals surface area contributed by atoms with Crippen molar-refractivity contribution in [3.05, 3.63) is 64.4 Å². The molecular formula is C23H27N3O2S2. The van der Waals surface area contributed by atoms with Crippen LogP contribution in [-0.2, 0) is 17.1 Å². The van der Waals surface area contributed by atoms with Crippen molar-refractivity contribution in [3.8, 4) is 10.8 Å². The highest BCUT2D eigenvalue weighted by atomic mass is 32.2. The van der Waals surface area contributed by atoms with Crippen LogP contribution in [-0.4, -0.2) is 52.6 Å². The molecule has 0 unspecified atom stereocenters. The zero-order chi connectivity index (χ0) is 20.9. The van der Waals surface area contributed by atoms with Crippen molar-refractivity contribution in [1.29, 1.82) is 0 Å². The summed E-state index contributed by atoms with van der Waals surface area (Å²) in [6.07, 6.45) is 0. The monoisotopic (exact) mass is 441 g/mol. The Bertz CT molecular complexity index is 976. The van der Waals surface area contributed by atoms with E-state index in [1.54, 1.807) is 23.1 Å². The second-order valence-corrected chi connectivity index (χ2v) is 9.49. The number of hydrogen-bond acceptors (Lipinski definition) is 6. The molecule has 2 aromatic heterocycles. The molecule has 1 amide bonds. The lowest BCUT2D eigenvalue weighted by molar-refractivity contribution is -0.130. The van der Waals surface area contributed by atoms with Gasteiger partial charge in [-0.1, -0.05) is 30.3 Å². The molecule has 4 rings (SSSR count). The molecule has 0 N–H and O–H groups in total. The number of aryl methyl sites for hydroxylation is 2. The molecule has 1 aliphatic rings. The largest absolute Gasteiger partial charge is 0.440 e. The van der Waals surface area contributed by atoms with Crippen molar-refractivity contribution < 1.29 is 9.21 Å². The summed E-state index contributed by atoms with van der Waals surface area (Å²) in [7, 11) is 0. The Kier molecular flexibility index (Phi) is 6.92. The van der Waals surface area contributed by atoms with Gasteiger partial charge in [-0.05, 0) is 36.4 Å². The van der Waals surface area contributed by atoms with Gasteiger partial charge in [0.1, 0.15) is 5.76 Å². The van der Waals surface area contributed by atoms with Crippen LogP contribution >= 0.6 is 23.1 Å². The second-order valence-electron chi connectivity index (χ2n) is 7.59. The Hall–Kier alpha value is -2.09. The highest BCUT2D eigenvalue weighted by Gasteiger charge is 2.21. The number of benzene rings is 1. The first kappa shape index (κ1) is 21.2. The number of thioether (sulfide) groups is 1. The van der Waals surface area contributed by atoms with Gasteiger partial charge in [-0.15, -0.1) is 23.1 Å². The van der Waals surface area contributed by atoms with Crippen LogP contribution in [0.15, 0.2) is 46.2 Å². The van der Waals surface area contributed by atoms with E-state index in [1.165, 1.54) is 11.1 Å². The number of rotatable bonds is 7. The van der Waals surface area contributed by atoms with Gasteiger partial charge in [-0.2, -0.15) is 0 Å². The molecule has 5 nitrogen and oxygen atoms in total. The van der Waals surface area contributed by atoms with E-state index < -0.39 is 0 Å². The summed E-state index contributed by atoms with van der Waals surface area (Å²) in [6.45, 7) is 8.43. The fourth-order valence-electron chi connectivity index (χ4n) is 3.57. The van der Waals surface area contributed by atoms with Gasteiger partial charge in [0.05, 0.1) is 16.3 Å². The third-order valence-corrected chi connectivity index (χ3v) is 7.32. The maximum atomic E-state index is 12.6. The zero-order valence-corrected chi connectivity index (χ0v) is 19.1. The lowest BCUT2D eigenvalue weighted by Crippen LogP contribution is -2.48. The number of oxazole rings is 1. The van der Waals surface area contributed by atoms with Crippen molar-refractivity contribution in [2.75, 3.05) is 31.9 Å². The van der Waals surface area contributed by atoms with Crippen molar-refractivity contribution in [2.45, 2.75) is 26.1 Å². The average molecular weight is 442 g/mol. The lowest BCUT2D eigenvalue weighted by Gasteiger charge is -2.34. The van der Waals surface area contributed by atoms with Gasteiger partial charge in [0.2, 0.25) is 11.8 Å². The topological polar surface area (TPSA) is 49.6 Å². The maximum Gasteiger partial charge on any atom is 0.237 e. The van der Waals surface area contributed by atoms with Crippen molar-refractivity contribution in [2.24, 2.45) is 0 Å². The summed E-state index contributed by atoms with van der Waals surface area (Å²) < 4.78 is 5.86. The van der Waals surface area contributed by atoms with Crippen LogP contribution in [0.2, 0.25) is 0 Å². The quantitative estimate of drug-likeness (QED) is 0.536. The molecule has 7 heteroatoms. The molecule has 1 aromatic carbocycles. The number of amides is 1. The van der Waals surface area contributed by atoms with Gasteiger partial charge in [0.15, 0.2) is 0 Å². The summed E-state index contributed by atoms with van der Waals surface area (Å²) >= 11 is 3.26. The first-order chi connectivity index (χ1) is 14.6. The van der Waals surface area contributed by atoms with E-state index in [-0.39, 0.29) is 5.91 Å². The molecule has 1 fully saturated rings. The van der Waals surface area contributed by atoms with E-state index in [0.717, 1.165) is 49.1 Å². The van der Waals surface area contributed by atoms with E-state index in [4.69, 9.17) is 4.42 Å². The summed E-state index contributed by atoms with van der Waals surface area (Å²) in [5.41, 5.74) is 3.44. The highest BCUT2D eigenvalue weighted by molar-refractivity contribution is 7.99. The summed E-state index contributed by atoms with van der Waals surface area (Å²) in [4.78, 5) is 22.8. The fourth-order valence-corrected chi connectivity index (χ4v) is 5.34. The van der Waals surface area contributed by atoms with Gasteiger partial charge in [0, 0.05) is 38.5 Å². The lowest BCUT2D eigenvalue weighted by atomic mass is 10.2. The Morgan fingerprint density at radius 1 is 1.13 bits per heavy atom. The van der Waals surface area contributed by atoms with Crippen molar-refractivity contribution in [3.63, 3.8) is 0 Å². The SMILES string of the molecule is Cc1ccsc1-c1nc(CSCC(=O)N2CCN(Cc3ccccc3)CC2)c(C)o1. The fraction of sp³-hybridized carbons (Fsp3) is 0.391. The molecule has 0 aliphatic carbocycles. The van der Waals surface area contributed by atoms with E-state index in [1.807, 2.05) is 17.9 Å². The second kappa shape index (κ2) is 9.81. The van der Waals surface area contributed by atoms with Gasteiger partial charge in [-0.3, -0.25) is 9.69 Å². The Morgan fingerprint density at radius 2 is 1.90 bits per heavy atom. The summed E-state index contributed by atoms with van der Waals surface area (Å²) in [6, 6.07) is 12.6. The average Bonchev–Trinajstić information content (AvgIpc) is 3.34. The molecule has 1 aliphatic heterocycles. The molecule has 30 heavy (non-hydrogen) atoms. The predicted octanol–water partition coefficient (Wildman–Crippen LogP) is 4.60. The molecule has 0 atom stereocenters. The van der Waals surface area contributed by atoms with Crippen LogP contribution in [0.3, 0.4) is 0 Å². The predicted molar refractivity (Wildman–Crippen MR) is 124 cm³/mol. The van der Waals surface area contributed by atoms with Gasteiger partial charge in [-0.25, -0.2) is 4.98 Å². The molecule has 0 radical (unpaired) electrons. The number of piperazine rings is 1.